The first-order chi connectivity index (χ1) is 9.77. The van der Waals surface area contributed by atoms with E-state index in [1.165, 1.54) is 12.1 Å². The van der Waals surface area contributed by atoms with E-state index in [-0.39, 0.29) is 21.5 Å². The van der Waals surface area contributed by atoms with Crippen LogP contribution in [0.25, 0.3) is 0 Å². The Kier molecular flexibility index (Phi) is 4.70. The van der Waals surface area contributed by atoms with E-state index in [1.54, 1.807) is 22.6 Å². The maximum atomic E-state index is 13.4. The summed E-state index contributed by atoms with van der Waals surface area (Å²) >= 11 is 1.70. The molecule has 2 aromatic rings. The Morgan fingerprint density at radius 3 is 2.29 bits per heavy atom. The van der Waals surface area contributed by atoms with Gasteiger partial charge in [-0.05, 0) is 52.9 Å². The Hall–Kier alpha value is -1.38. The lowest BCUT2D eigenvalue weighted by atomic mass is 10.2. The third-order valence-corrected chi connectivity index (χ3v) is 3.50. The molecule has 2 rings (SSSR count). The molecule has 0 aliphatic rings. The van der Waals surface area contributed by atoms with Crippen molar-refractivity contribution in [3.05, 3.63) is 62.7 Å². The molecular weight excluding hydrogens is 406 g/mol. The fraction of sp³-hybridized carbons (Fsp3) is 0.143. The summed E-state index contributed by atoms with van der Waals surface area (Å²) in [5, 5.41) is 0. The van der Waals surface area contributed by atoms with Gasteiger partial charge in [-0.25, -0.2) is 8.78 Å². The molecule has 1 nitrogen and oxygen atoms in total. The summed E-state index contributed by atoms with van der Waals surface area (Å²) in [7, 11) is 0. The van der Waals surface area contributed by atoms with Crippen LogP contribution in [0.1, 0.15) is 11.1 Å². The molecule has 0 aromatic heterocycles. The predicted molar refractivity (Wildman–Crippen MR) is 74.9 cm³/mol. The van der Waals surface area contributed by atoms with Crippen molar-refractivity contribution < 1.29 is 26.7 Å². The van der Waals surface area contributed by atoms with Gasteiger partial charge in [-0.3, -0.25) is 0 Å². The first-order valence-corrected chi connectivity index (χ1v) is 6.79. The van der Waals surface area contributed by atoms with E-state index in [0.717, 1.165) is 24.3 Å². The zero-order valence-electron chi connectivity index (χ0n) is 10.3. The minimum Gasteiger partial charge on any atom is -0.488 e. The molecular formula is C14H8F5IO. The topological polar surface area (TPSA) is 9.23 Å². The Morgan fingerprint density at radius 2 is 1.71 bits per heavy atom. The highest BCUT2D eigenvalue weighted by Crippen LogP contribution is 2.33. The van der Waals surface area contributed by atoms with Crippen molar-refractivity contribution in [2.75, 3.05) is 0 Å². The molecule has 0 unspecified atom stereocenters. The second-order valence-electron chi connectivity index (χ2n) is 4.17. The third kappa shape index (κ3) is 4.05. The molecule has 0 aliphatic carbocycles. The minimum absolute atomic E-state index is 0.118. The molecule has 2 aromatic carbocycles. The Bertz CT molecular complexity index is 654. The SMILES string of the molecule is Fc1ccc(COc2ccc(C(F)(F)F)cc2I)c(F)c1. The van der Waals surface area contributed by atoms with Crippen molar-refractivity contribution in [1.29, 1.82) is 0 Å². The number of ether oxygens (including phenoxy) is 1. The van der Waals surface area contributed by atoms with Gasteiger partial charge in [0.2, 0.25) is 0 Å². The van der Waals surface area contributed by atoms with Crippen molar-refractivity contribution in [1.82, 2.24) is 0 Å². The average Bonchev–Trinajstić information content (AvgIpc) is 2.38. The number of halogens is 6. The van der Waals surface area contributed by atoms with Crippen LogP contribution in [-0.4, -0.2) is 0 Å². The quantitative estimate of drug-likeness (QED) is 0.498. The molecule has 0 aliphatic heterocycles. The molecule has 0 amide bonds. The largest absolute Gasteiger partial charge is 0.488 e. The van der Waals surface area contributed by atoms with Crippen LogP contribution in [0.5, 0.6) is 5.75 Å². The molecule has 0 heterocycles. The summed E-state index contributed by atoms with van der Waals surface area (Å²) < 4.78 is 69.2. The van der Waals surface area contributed by atoms with Crippen LogP contribution in [0.2, 0.25) is 0 Å². The van der Waals surface area contributed by atoms with Crippen LogP contribution < -0.4 is 4.74 Å². The van der Waals surface area contributed by atoms with Gasteiger partial charge < -0.3 is 4.74 Å². The second-order valence-corrected chi connectivity index (χ2v) is 5.33. The standard InChI is InChI=1S/C14H8F5IO/c15-10-3-1-8(11(16)6-10)7-21-13-4-2-9(5-12(13)20)14(17,18)19/h1-6H,7H2. The van der Waals surface area contributed by atoms with Crippen LogP contribution in [0.4, 0.5) is 22.0 Å². The maximum absolute atomic E-state index is 13.4. The molecule has 112 valence electrons. The Labute approximate surface area is 130 Å². The van der Waals surface area contributed by atoms with Crippen molar-refractivity contribution in [3.8, 4) is 5.75 Å². The Balaban J connectivity index is 2.13. The number of hydrogen-bond donors (Lipinski definition) is 0. The molecule has 0 spiro atoms. The summed E-state index contributed by atoms with van der Waals surface area (Å²) in [6.45, 7) is -0.201. The van der Waals surface area contributed by atoms with Crippen LogP contribution in [0.15, 0.2) is 36.4 Å². The zero-order valence-corrected chi connectivity index (χ0v) is 12.5. The van der Waals surface area contributed by atoms with Crippen molar-refractivity contribution in [2.24, 2.45) is 0 Å². The van der Waals surface area contributed by atoms with Gasteiger partial charge in [0, 0.05) is 11.6 Å². The van der Waals surface area contributed by atoms with Crippen LogP contribution >= 0.6 is 22.6 Å². The van der Waals surface area contributed by atoms with Gasteiger partial charge in [-0.2, -0.15) is 13.2 Å². The molecule has 0 radical (unpaired) electrons. The normalized spacial score (nSPS) is 11.5. The zero-order chi connectivity index (χ0) is 15.6. The lowest BCUT2D eigenvalue weighted by Gasteiger charge is -2.12. The number of benzene rings is 2. The van der Waals surface area contributed by atoms with Gasteiger partial charge in [-0.1, -0.05) is 0 Å². The smallest absolute Gasteiger partial charge is 0.416 e. The number of rotatable bonds is 3. The molecule has 0 atom stereocenters. The molecule has 0 fully saturated rings. The summed E-state index contributed by atoms with van der Waals surface area (Å²) in [6.07, 6.45) is -4.43. The van der Waals surface area contributed by atoms with E-state index in [0.29, 0.717) is 0 Å². The van der Waals surface area contributed by atoms with Gasteiger partial charge >= 0.3 is 6.18 Å². The van der Waals surface area contributed by atoms with Gasteiger partial charge in [0.05, 0.1) is 9.13 Å². The maximum Gasteiger partial charge on any atom is 0.416 e. The average molecular weight is 414 g/mol. The first kappa shape index (κ1) is 16.0. The highest BCUT2D eigenvalue weighted by molar-refractivity contribution is 14.1. The van der Waals surface area contributed by atoms with Gasteiger partial charge in [-0.15, -0.1) is 0 Å². The van der Waals surface area contributed by atoms with E-state index in [1.807, 2.05) is 0 Å². The van der Waals surface area contributed by atoms with Crippen LogP contribution in [0, 0.1) is 15.2 Å². The summed E-state index contributed by atoms with van der Waals surface area (Å²) in [6, 6.07) is 6.03. The predicted octanol–water partition coefficient (Wildman–Crippen LogP) is 5.17. The van der Waals surface area contributed by atoms with E-state index in [4.69, 9.17) is 4.74 Å². The van der Waals surface area contributed by atoms with Gasteiger partial charge in [0.1, 0.15) is 24.0 Å². The number of alkyl halides is 3. The fourth-order valence-corrected chi connectivity index (χ4v) is 2.26. The van der Waals surface area contributed by atoms with Gasteiger partial charge in [0.15, 0.2) is 0 Å². The van der Waals surface area contributed by atoms with Crippen molar-refractivity contribution in [2.45, 2.75) is 12.8 Å². The molecule has 0 bridgehead atoms. The lowest BCUT2D eigenvalue weighted by Crippen LogP contribution is -2.06. The molecule has 0 saturated carbocycles. The molecule has 7 heteroatoms. The van der Waals surface area contributed by atoms with Crippen LogP contribution in [-0.2, 0) is 12.8 Å². The van der Waals surface area contributed by atoms with E-state index in [9.17, 15) is 22.0 Å². The molecule has 0 saturated heterocycles. The van der Waals surface area contributed by atoms with Crippen LogP contribution in [0.3, 0.4) is 0 Å². The summed E-state index contributed by atoms with van der Waals surface area (Å²) in [5.41, 5.74) is -0.667. The monoisotopic (exact) mass is 414 g/mol. The van der Waals surface area contributed by atoms with Crippen molar-refractivity contribution in [3.63, 3.8) is 0 Å². The summed E-state index contributed by atoms with van der Waals surface area (Å²) in [4.78, 5) is 0. The second kappa shape index (κ2) is 6.17. The lowest BCUT2D eigenvalue weighted by molar-refractivity contribution is -0.137. The minimum atomic E-state index is -4.43. The van der Waals surface area contributed by atoms with E-state index >= 15 is 0 Å². The third-order valence-electron chi connectivity index (χ3n) is 2.66. The Morgan fingerprint density at radius 1 is 1.00 bits per heavy atom. The van der Waals surface area contributed by atoms with Crippen molar-refractivity contribution >= 4 is 22.6 Å². The number of hydrogen-bond acceptors (Lipinski definition) is 1. The molecule has 21 heavy (non-hydrogen) atoms. The molecule has 0 N–H and O–H groups in total. The van der Waals surface area contributed by atoms with E-state index in [2.05, 4.69) is 0 Å². The van der Waals surface area contributed by atoms with Gasteiger partial charge in [0.25, 0.3) is 0 Å². The highest BCUT2D eigenvalue weighted by atomic mass is 127. The summed E-state index contributed by atoms with van der Waals surface area (Å²) in [5.74, 6) is -1.27. The first-order valence-electron chi connectivity index (χ1n) is 5.71. The van der Waals surface area contributed by atoms with E-state index < -0.39 is 23.4 Å². The highest BCUT2D eigenvalue weighted by Gasteiger charge is 2.30. The fourth-order valence-electron chi connectivity index (χ4n) is 1.59.